The molecule has 2 amide bonds. The molecule has 3 rings (SSSR count). The molecule has 1 saturated heterocycles. The molecule has 1 N–H and O–H groups in total. The maximum atomic E-state index is 12.6. The van der Waals surface area contributed by atoms with Gasteiger partial charge in [-0.15, -0.1) is 0 Å². The van der Waals surface area contributed by atoms with Crippen molar-refractivity contribution in [2.24, 2.45) is 5.92 Å². The van der Waals surface area contributed by atoms with Gasteiger partial charge in [-0.05, 0) is 31.0 Å². The van der Waals surface area contributed by atoms with Crippen LogP contribution in [0.4, 0.5) is 0 Å². The maximum Gasteiger partial charge on any atom is 0.251 e. The fourth-order valence-corrected chi connectivity index (χ4v) is 3.58. The number of hydrogen-bond donors (Lipinski definition) is 1. The van der Waals surface area contributed by atoms with Crippen molar-refractivity contribution >= 4 is 17.6 Å². The molecule has 0 unspecified atom stereocenters. The second-order valence-electron chi connectivity index (χ2n) is 7.14. The molecule has 0 bridgehead atoms. The van der Waals surface area contributed by atoms with Gasteiger partial charge in [0.1, 0.15) is 0 Å². The first-order valence-corrected chi connectivity index (χ1v) is 9.90. The van der Waals surface area contributed by atoms with Crippen LogP contribution in [0.1, 0.15) is 33.6 Å². The van der Waals surface area contributed by atoms with Crippen LogP contribution in [0.3, 0.4) is 0 Å². The van der Waals surface area contributed by atoms with Gasteiger partial charge in [0.2, 0.25) is 5.91 Å². The van der Waals surface area contributed by atoms with Crippen molar-refractivity contribution in [1.82, 2.24) is 10.2 Å². The number of nitrogens with zero attached hydrogens (tertiary/aromatic N) is 1. The fraction of sp³-hybridized carbons (Fsp3) is 0.348. The van der Waals surface area contributed by atoms with Crippen LogP contribution in [0.15, 0.2) is 48.5 Å². The lowest BCUT2D eigenvalue weighted by Gasteiger charge is -2.31. The molecule has 2 aromatic carbocycles. The number of amides is 2. The maximum absolute atomic E-state index is 12.6. The van der Waals surface area contributed by atoms with Gasteiger partial charge in [0.15, 0.2) is 17.3 Å². The number of ether oxygens (including phenoxy) is 2. The minimum Gasteiger partial charge on any atom is -0.493 e. The number of piperidine rings is 1. The van der Waals surface area contributed by atoms with Gasteiger partial charge in [-0.25, -0.2) is 0 Å². The molecule has 30 heavy (non-hydrogen) atoms. The molecule has 7 nitrogen and oxygen atoms in total. The molecule has 0 radical (unpaired) electrons. The molecule has 7 heteroatoms. The zero-order chi connectivity index (χ0) is 21.5. The standard InChI is InChI=1S/C23H26N2O5/c1-29-19-9-8-18(14-20(19)30-2)23(28)24-15-21(26)25-12-10-17(11-13-25)22(27)16-6-4-3-5-7-16/h3-9,14,17H,10-13,15H2,1-2H3,(H,24,28). The molecule has 0 aliphatic carbocycles. The van der Waals surface area contributed by atoms with E-state index in [4.69, 9.17) is 9.47 Å². The summed E-state index contributed by atoms with van der Waals surface area (Å²) in [6, 6.07) is 14.1. The van der Waals surface area contributed by atoms with Crippen LogP contribution in [-0.2, 0) is 4.79 Å². The Balaban J connectivity index is 1.49. The molecule has 1 aliphatic rings. The molecule has 0 saturated carbocycles. The zero-order valence-corrected chi connectivity index (χ0v) is 17.2. The number of carbonyl (C=O) groups is 3. The number of carbonyl (C=O) groups excluding carboxylic acids is 3. The summed E-state index contributed by atoms with van der Waals surface area (Å²) in [6.07, 6.45) is 1.26. The second kappa shape index (κ2) is 9.91. The van der Waals surface area contributed by atoms with Gasteiger partial charge in [-0.2, -0.15) is 0 Å². The zero-order valence-electron chi connectivity index (χ0n) is 17.2. The molecule has 158 valence electrons. The Kier molecular flexibility index (Phi) is 7.06. The number of nitrogens with one attached hydrogen (secondary N) is 1. The lowest BCUT2D eigenvalue weighted by atomic mass is 9.89. The van der Waals surface area contributed by atoms with Gasteiger partial charge >= 0.3 is 0 Å². The van der Waals surface area contributed by atoms with E-state index in [0.29, 0.717) is 48.6 Å². The van der Waals surface area contributed by atoms with Gasteiger partial charge in [-0.1, -0.05) is 30.3 Å². The van der Waals surface area contributed by atoms with E-state index in [1.807, 2.05) is 30.3 Å². The van der Waals surface area contributed by atoms with Crippen molar-refractivity contribution in [2.75, 3.05) is 33.9 Å². The van der Waals surface area contributed by atoms with Gasteiger partial charge in [0.05, 0.1) is 20.8 Å². The number of likely N-dealkylation sites (tertiary alicyclic amines) is 1. The van der Waals surface area contributed by atoms with Gasteiger partial charge in [0, 0.05) is 30.1 Å². The van der Waals surface area contributed by atoms with Gasteiger partial charge < -0.3 is 19.7 Å². The SMILES string of the molecule is COc1ccc(C(=O)NCC(=O)N2CCC(C(=O)c3ccccc3)CC2)cc1OC. The molecular weight excluding hydrogens is 384 g/mol. The first kappa shape index (κ1) is 21.4. The average Bonchev–Trinajstić information content (AvgIpc) is 2.82. The third kappa shape index (κ3) is 4.97. The third-order valence-corrected chi connectivity index (χ3v) is 5.32. The molecular formula is C23H26N2O5. The van der Waals surface area contributed by atoms with Crippen LogP contribution < -0.4 is 14.8 Å². The molecule has 2 aromatic rings. The van der Waals surface area contributed by atoms with Crippen molar-refractivity contribution in [2.45, 2.75) is 12.8 Å². The summed E-state index contributed by atoms with van der Waals surface area (Å²) < 4.78 is 10.4. The summed E-state index contributed by atoms with van der Waals surface area (Å²) in [5.41, 5.74) is 1.09. The first-order valence-electron chi connectivity index (χ1n) is 9.90. The summed E-state index contributed by atoms with van der Waals surface area (Å²) in [5, 5.41) is 2.65. The van der Waals surface area contributed by atoms with E-state index in [2.05, 4.69) is 5.32 Å². The molecule has 1 fully saturated rings. The highest BCUT2D eigenvalue weighted by Crippen LogP contribution is 2.27. The van der Waals surface area contributed by atoms with E-state index in [1.54, 1.807) is 23.1 Å². The number of Topliss-reactive ketones (excluding diaryl/α,β-unsaturated/α-hetero) is 1. The summed E-state index contributed by atoms with van der Waals surface area (Å²) in [6.45, 7) is 0.924. The molecule has 0 spiro atoms. The van der Waals surface area contributed by atoms with Crippen LogP contribution >= 0.6 is 0 Å². The quantitative estimate of drug-likeness (QED) is 0.709. The third-order valence-electron chi connectivity index (χ3n) is 5.32. The molecule has 0 aromatic heterocycles. The Morgan fingerprint density at radius 3 is 2.23 bits per heavy atom. The summed E-state index contributed by atoms with van der Waals surface area (Å²) in [7, 11) is 3.02. The average molecular weight is 410 g/mol. The van der Waals surface area contributed by atoms with E-state index in [0.717, 1.165) is 0 Å². The highest BCUT2D eigenvalue weighted by atomic mass is 16.5. The minimum absolute atomic E-state index is 0.0715. The largest absolute Gasteiger partial charge is 0.493 e. The molecule has 0 atom stereocenters. The smallest absolute Gasteiger partial charge is 0.251 e. The van der Waals surface area contributed by atoms with Crippen LogP contribution in [0.25, 0.3) is 0 Å². The highest BCUT2D eigenvalue weighted by Gasteiger charge is 2.28. The lowest BCUT2D eigenvalue weighted by Crippen LogP contribution is -2.45. The monoisotopic (exact) mass is 410 g/mol. The first-order chi connectivity index (χ1) is 14.5. The Morgan fingerprint density at radius 1 is 0.933 bits per heavy atom. The van der Waals surface area contributed by atoms with Crippen LogP contribution in [-0.4, -0.2) is 56.4 Å². The minimum atomic E-state index is -0.363. The summed E-state index contributed by atoms with van der Waals surface area (Å²) in [5.74, 6) is 0.509. The Bertz CT molecular complexity index is 905. The van der Waals surface area contributed by atoms with E-state index in [9.17, 15) is 14.4 Å². The van der Waals surface area contributed by atoms with Crippen molar-refractivity contribution in [3.05, 3.63) is 59.7 Å². The highest BCUT2D eigenvalue weighted by molar-refractivity contribution is 5.98. The van der Waals surface area contributed by atoms with E-state index in [-0.39, 0.29) is 30.1 Å². The van der Waals surface area contributed by atoms with Crippen LogP contribution in [0.5, 0.6) is 11.5 Å². The number of ketones is 1. The van der Waals surface area contributed by atoms with Gasteiger partial charge in [0.25, 0.3) is 5.91 Å². The van der Waals surface area contributed by atoms with E-state index < -0.39 is 0 Å². The van der Waals surface area contributed by atoms with Crippen LogP contribution in [0, 0.1) is 5.92 Å². The number of methoxy groups -OCH3 is 2. The Morgan fingerprint density at radius 2 is 1.60 bits per heavy atom. The van der Waals surface area contributed by atoms with Crippen molar-refractivity contribution in [1.29, 1.82) is 0 Å². The topological polar surface area (TPSA) is 84.9 Å². The Hall–Kier alpha value is -3.35. The summed E-state index contributed by atoms with van der Waals surface area (Å²) >= 11 is 0. The van der Waals surface area contributed by atoms with Crippen molar-refractivity contribution in [3.63, 3.8) is 0 Å². The predicted molar refractivity (Wildman–Crippen MR) is 112 cm³/mol. The fourth-order valence-electron chi connectivity index (χ4n) is 3.58. The van der Waals surface area contributed by atoms with Crippen molar-refractivity contribution in [3.8, 4) is 11.5 Å². The van der Waals surface area contributed by atoms with E-state index >= 15 is 0 Å². The summed E-state index contributed by atoms with van der Waals surface area (Å²) in [4.78, 5) is 39.1. The van der Waals surface area contributed by atoms with Crippen molar-refractivity contribution < 1.29 is 23.9 Å². The normalized spacial score (nSPS) is 14.1. The second-order valence-corrected chi connectivity index (χ2v) is 7.14. The number of rotatable bonds is 7. The molecule has 1 heterocycles. The number of hydrogen-bond acceptors (Lipinski definition) is 5. The molecule has 1 aliphatic heterocycles. The Labute approximate surface area is 176 Å². The lowest BCUT2D eigenvalue weighted by molar-refractivity contribution is -0.131. The predicted octanol–water partition coefficient (Wildman–Crippen LogP) is 2.56. The number of benzene rings is 2. The van der Waals surface area contributed by atoms with Gasteiger partial charge in [-0.3, -0.25) is 14.4 Å². The van der Waals surface area contributed by atoms with Crippen LogP contribution in [0.2, 0.25) is 0 Å². The van der Waals surface area contributed by atoms with E-state index in [1.165, 1.54) is 14.2 Å².